The molecule has 2 aromatic carbocycles. The number of pyridine rings is 1. The number of rotatable bonds is 6. The monoisotopic (exact) mass is 468 g/mol. The fraction of sp³-hybridized carbons (Fsp3) is 0.179. The first kappa shape index (κ1) is 22.0. The normalized spacial score (nSPS) is 14.7. The van der Waals surface area contributed by atoms with Crippen LogP contribution in [-0.4, -0.2) is 23.5 Å². The lowest BCUT2D eigenvalue weighted by Gasteiger charge is -2.15. The fourth-order valence-electron chi connectivity index (χ4n) is 4.37. The first-order valence-electron chi connectivity index (χ1n) is 11.3. The molecule has 0 saturated heterocycles. The molecular weight excluding hydrogens is 444 g/mol. The van der Waals surface area contributed by atoms with Gasteiger partial charge in [-0.25, -0.2) is 9.78 Å². The molecule has 2 aromatic heterocycles. The summed E-state index contributed by atoms with van der Waals surface area (Å²) < 4.78 is 5.50. The molecule has 4 aromatic rings. The van der Waals surface area contributed by atoms with E-state index in [4.69, 9.17) is 9.72 Å². The lowest BCUT2D eigenvalue weighted by Crippen LogP contribution is -2.31. The number of fused-ring (bicyclic) bond motifs is 2. The van der Waals surface area contributed by atoms with Crippen molar-refractivity contribution < 1.29 is 14.3 Å². The van der Waals surface area contributed by atoms with Crippen LogP contribution in [0.5, 0.6) is 0 Å². The molecule has 1 aliphatic carbocycles. The first-order chi connectivity index (χ1) is 16.6. The van der Waals surface area contributed by atoms with Crippen molar-refractivity contribution in [1.82, 2.24) is 10.3 Å². The van der Waals surface area contributed by atoms with Gasteiger partial charge in [0.05, 0.1) is 22.8 Å². The molecule has 0 spiro atoms. The lowest BCUT2D eigenvalue weighted by molar-refractivity contribution is -0.124. The number of esters is 1. The largest absolute Gasteiger partial charge is 0.452 e. The average Bonchev–Trinajstić information content (AvgIpc) is 3.52. The highest BCUT2D eigenvalue weighted by Gasteiger charge is 2.28. The molecule has 1 N–H and O–H groups in total. The average molecular weight is 469 g/mol. The van der Waals surface area contributed by atoms with Gasteiger partial charge < -0.3 is 10.1 Å². The van der Waals surface area contributed by atoms with Crippen LogP contribution >= 0.6 is 11.3 Å². The summed E-state index contributed by atoms with van der Waals surface area (Å²) in [7, 11) is 0. The molecule has 0 fully saturated rings. The summed E-state index contributed by atoms with van der Waals surface area (Å²) >= 11 is 1.67. The Balaban J connectivity index is 1.39. The van der Waals surface area contributed by atoms with E-state index in [9.17, 15) is 9.59 Å². The summed E-state index contributed by atoms with van der Waals surface area (Å²) in [6.45, 7) is 1.57. The Kier molecular flexibility index (Phi) is 6.23. The van der Waals surface area contributed by atoms with Crippen LogP contribution in [0.4, 0.5) is 0 Å². The van der Waals surface area contributed by atoms with Gasteiger partial charge in [-0.1, -0.05) is 54.6 Å². The Hall–Kier alpha value is -3.77. The maximum atomic E-state index is 13.3. The van der Waals surface area contributed by atoms with Crippen molar-refractivity contribution in [1.29, 1.82) is 0 Å². The summed E-state index contributed by atoms with van der Waals surface area (Å²) in [5.74, 6) is -0.826. The Morgan fingerprint density at radius 2 is 1.85 bits per heavy atom. The molecular formula is C28H24N2O3S. The quantitative estimate of drug-likeness (QED) is 0.362. The second-order valence-electron chi connectivity index (χ2n) is 8.29. The van der Waals surface area contributed by atoms with Crippen LogP contribution in [0.1, 0.15) is 51.4 Å². The third kappa shape index (κ3) is 4.50. The minimum absolute atomic E-state index is 0.177. The van der Waals surface area contributed by atoms with E-state index >= 15 is 0 Å². The van der Waals surface area contributed by atoms with Gasteiger partial charge in [-0.05, 0) is 60.1 Å². The molecule has 0 radical (unpaired) electrons. The number of benzene rings is 2. The standard InChI is InChI=1S/C28H24N2O3S/c1-18(19-8-3-2-4-9-19)29-25(31)17-33-28(32)26-22-11-5-6-12-24(22)30-27-20(13-14-23(26)27)16-21-10-7-15-34-21/h2-12,15-16,18H,13-14,17H2,1H3,(H,29,31)/b20-16+/t18-/m0/s1. The zero-order valence-electron chi connectivity index (χ0n) is 18.8. The molecule has 1 amide bonds. The summed E-state index contributed by atoms with van der Waals surface area (Å²) in [5, 5.41) is 5.68. The van der Waals surface area contributed by atoms with E-state index in [1.807, 2.05) is 73.0 Å². The second-order valence-corrected chi connectivity index (χ2v) is 9.27. The smallest absolute Gasteiger partial charge is 0.339 e. The van der Waals surface area contributed by atoms with Gasteiger partial charge >= 0.3 is 5.97 Å². The molecule has 0 saturated carbocycles. The molecule has 170 valence electrons. The summed E-state index contributed by atoms with van der Waals surface area (Å²) in [4.78, 5) is 31.8. The van der Waals surface area contributed by atoms with Crippen LogP contribution in [0, 0.1) is 0 Å². The van der Waals surface area contributed by atoms with Gasteiger partial charge in [-0.15, -0.1) is 11.3 Å². The van der Waals surface area contributed by atoms with Crippen molar-refractivity contribution >= 4 is 45.8 Å². The van der Waals surface area contributed by atoms with Gasteiger partial charge in [0.1, 0.15) is 0 Å². The molecule has 0 aliphatic heterocycles. The molecule has 0 bridgehead atoms. The van der Waals surface area contributed by atoms with E-state index in [1.165, 1.54) is 0 Å². The Morgan fingerprint density at radius 3 is 2.65 bits per heavy atom. The van der Waals surface area contributed by atoms with Crippen LogP contribution in [0.25, 0.3) is 22.6 Å². The second kappa shape index (κ2) is 9.61. The van der Waals surface area contributed by atoms with Crippen LogP contribution in [0.2, 0.25) is 0 Å². The number of para-hydroxylation sites is 1. The molecule has 0 unspecified atom stereocenters. The van der Waals surface area contributed by atoms with E-state index in [2.05, 4.69) is 17.5 Å². The number of hydrogen-bond acceptors (Lipinski definition) is 5. The topological polar surface area (TPSA) is 68.3 Å². The number of hydrogen-bond donors (Lipinski definition) is 1. The third-order valence-corrected chi connectivity index (χ3v) is 6.84. The third-order valence-electron chi connectivity index (χ3n) is 6.02. The van der Waals surface area contributed by atoms with E-state index in [-0.39, 0.29) is 18.6 Å². The van der Waals surface area contributed by atoms with Gasteiger partial charge in [0.25, 0.3) is 5.91 Å². The highest BCUT2D eigenvalue weighted by molar-refractivity contribution is 7.10. The number of carbonyl (C=O) groups excluding carboxylic acids is 2. The van der Waals surface area contributed by atoms with Gasteiger partial charge in [0.2, 0.25) is 0 Å². The molecule has 5 rings (SSSR count). The molecule has 1 atom stereocenters. The van der Waals surface area contributed by atoms with Crippen molar-refractivity contribution in [3.63, 3.8) is 0 Å². The predicted octanol–water partition coefficient (Wildman–Crippen LogP) is 5.82. The van der Waals surface area contributed by atoms with E-state index in [0.717, 1.165) is 44.6 Å². The zero-order chi connectivity index (χ0) is 23.5. The number of carbonyl (C=O) groups is 2. The van der Waals surface area contributed by atoms with Gasteiger partial charge in [0, 0.05) is 10.3 Å². The number of aromatic nitrogens is 1. The van der Waals surface area contributed by atoms with E-state index in [1.54, 1.807) is 11.3 Å². The minimum atomic E-state index is -0.491. The van der Waals surface area contributed by atoms with Crippen LogP contribution in [0.15, 0.2) is 72.1 Å². The number of thiophene rings is 1. The van der Waals surface area contributed by atoms with Gasteiger partial charge in [-0.3, -0.25) is 4.79 Å². The van der Waals surface area contributed by atoms with Crippen molar-refractivity contribution in [3.8, 4) is 0 Å². The molecule has 6 heteroatoms. The summed E-state index contributed by atoms with van der Waals surface area (Å²) in [5.41, 5.74) is 5.11. The van der Waals surface area contributed by atoms with Gasteiger partial charge in [0.15, 0.2) is 6.61 Å². The summed E-state index contributed by atoms with van der Waals surface area (Å²) in [6.07, 6.45) is 3.67. The van der Waals surface area contributed by atoms with E-state index in [0.29, 0.717) is 12.0 Å². The van der Waals surface area contributed by atoms with Crippen LogP contribution < -0.4 is 5.32 Å². The van der Waals surface area contributed by atoms with Crippen LogP contribution in [-0.2, 0) is 16.0 Å². The van der Waals surface area contributed by atoms with E-state index < -0.39 is 5.97 Å². The Labute approximate surface area is 202 Å². The highest BCUT2D eigenvalue weighted by atomic mass is 32.1. The minimum Gasteiger partial charge on any atom is -0.452 e. The first-order valence-corrected chi connectivity index (χ1v) is 12.2. The predicted molar refractivity (Wildman–Crippen MR) is 136 cm³/mol. The molecule has 2 heterocycles. The Morgan fingerprint density at radius 1 is 1.06 bits per heavy atom. The van der Waals surface area contributed by atoms with Gasteiger partial charge in [-0.2, -0.15) is 0 Å². The molecule has 34 heavy (non-hydrogen) atoms. The maximum Gasteiger partial charge on any atom is 0.339 e. The number of nitrogens with zero attached hydrogens (tertiary/aromatic N) is 1. The fourth-order valence-corrected chi connectivity index (χ4v) is 5.05. The summed E-state index contributed by atoms with van der Waals surface area (Å²) in [6, 6.07) is 21.2. The number of nitrogens with one attached hydrogen (secondary N) is 1. The highest BCUT2D eigenvalue weighted by Crippen LogP contribution is 2.38. The number of allylic oxidation sites excluding steroid dienone is 1. The van der Waals surface area contributed by atoms with Crippen molar-refractivity contribution in [3.05, 3.63) is 99.4 Å². The SMILES string of the molecule is C[C@H](NC(=O)COC(=O)c1c2c(nc3ccccc13)/C(=C/c1cccs1)CC2)c1ccccc1. The lowest BCUT2D eigenvalue weighted by atomic mass is 10.0. The van der Waals surface area contributed by atoms with Crippen molar-refractivity contribution in [2.24, 2.45) is 0 Å². The van der Waals surface area contributed by atoms with Crippen LogP contribution in [0.3, 0.4) is 0 Å². The molecule has 1 aliphatic rings. The number of ether oxygens (including phenoxy) is 1. The molecule has 5 nitrogen and oxygen atoms in total. The maximum absolute atomic E-state index is 13.3. The zero-order valence-corrected chi connectivity index (χ0v) is 19.6. The number of amides is 1. The van der Waals surface area contributed by atoms with Crippen molar-refractivity contribution in [2.75, 3.05) is 6.61 Å². The van der Waals surface area contributed by atoms with Crippen molar-refractivity contribution in [2.45, 2.75) is 25.8 Å². The Bertz CT molecular complexity index is 1380.